The van der Waals surface area contributed by atoms with Gasteiger partial charge in [0.15, 0.2) is 5.76 Å². The van der Waals surface area contributed by atoms with Gasteiger partial charge in [-0.15, -0.1) is 0 Å². The molecule has 1 aliphatic heterocycles. The summed E-state index contributed by atoms with van der Waals surface area (Å²) in [5, 5.41) is 0. The fourth-order valence-electron chi connectivity index (χ4n) is 3.77. The summed E-state index contributed by atoms with van der Waals surface area (Å²) in [4.78, 5) is 14.6. The first kappa shape index (κ1) is 17.3. The van der Waals surface area contributed by atoms with E-state index in [0.29, 0.717) is 24.5 Å². The van der Waals surface area contributed by atoms with Crippen LogP contribution in [0.15, 0.2) is 39.6 Å². The lowest BCUT2D eigenvalue weighted by atomic mass is 10.2. The number of sulfonamides is 1. The van der Waals surface area contributed by atoms with E-state index in [0.717, 1.165) is 36.9 Å². The molecule has 1 saturated carbocycles. The van der Waals surface area contributed by atoms with Crippen molar-refractivity contribution in [3.05, 3.63) is 47.4 Å². The van der Waals surface area contributed by atoms with Crippen molar-refractivity contribution in [3.8, 4) is 0 Å². The maximum absolute atomic E-state index is 12.6. The van der Waals surface area contributed by atoms with Crippen LogP contribution in [0.2, 0.25) is 0 Å². The zero-order valence-electron chi connectivity index (χ0n) is 14.7. The zero-order chi connectivity index (χ0) is 18.3. The van der Waals surface area contributed by atoms with Crippen LogP contribution in [0, 0.1) is 6.92 Å². The number of anilines is 1. The van der Waals surface area contributed by atoms with Crippen molar-refractivity contribution in [1.82, 2.24) is 4.72 Å². The molecule has 0 atom stereocenters. The van der Waals surface area contributed by atoms with Gasteiger partial charge < -0.3 is 9.32 Å². The van der Waals surface area contributed by atoms with Crippen LogP contribution < -0.4 is 9.62 Å². The molecule has 2 aromatic rings. The number of carbonyl (C=O) groups is 1. The Labute approximate surface area is 153 Å². The molecule has 1 amide bonds. The average molecular weight is 374 g/mol. The first-order valence-electron chi connectivity index (χ1n) is 8.97. The number of nitrogens with zero attached hydrogens (tertiary/aromatic N) is 1. The lowest BCUT2D eigenvalue weighted by Crippen LogP contribution is -2.32. The standard InChI is InChI=1S/C19H22N2O4S/c1-13-6-9-18(25-13)19(22)21-11-10-14-12-16(7-8-17(14)21)26(23,24)20-15-4-2-3-5-15/h6-9,12,15,20H,2-5,10-11H2,1H3. The molecular weight excluding hydrogens is 352 g/mol. The summed E-state index contributed by atoms with van der Waals surface area (Å²) in [5.74, 6) is 0.790. The van der Waals surface area contributed by atoms with Crippen molar-refractivity contribution in [2.75, 3.05) is 11.4 Å². The van der Waals surface area contributed by atoms with E-state index in [9.17, 15) is 13.2 Å². The monoisotopic (exact) mass is 374 g/mol. The number of fused-ring (bicyclic) bond motifs is 1. The highest BCUT2D eigenvalue weighted by molar-refractivity contribution is 7.89. The van der Waals surface area contributed by atoms with Crippen LogP contribution in [0.5, 0.6) is 0 Å². The molecule has 1 aromatic heterocycles. The molecule has 1 fully saturated rings. The van der Waals surface area contributed by atoms with E-state index < -0.39 is 10.0 Å². The summed E-state index contributed by atoms with van der Waals surface area (Å²) in [6.07, 6.45) is 4.57. The topological polar surface area (TPSA) is 79.6 Å². The fourth-order valence-corrected chi connectivity index (χ4v) is 5.13. The van der Waals surface area contributed by atoms with E-state index in [4.69, 9.17) is 4.42 Å². The van der Waals surface area contributed by atoms with Gasteiger partial charge in [-0.2, -0.15) is 0 Å². The molecule has 0 saturated heterocycles. The molecule has 138 valence electrons. The van der Waals surface area contributed by atoms with Crippen LogP contribution in [0.4, 0.5) is 5.69 Å². The number of furan rings is 1. The van der Waals surface area contributed by atoms with Crippen LogP contribution in [0.3, 0.4) is 0 Å². The van der Waals surface area contributed by atoms with Gasteiger partial charge in [-0.25, -0.2) is 13.1 Å². The lowest BCUT2D eigenvalue weighted by Gasteiger charge is -2.17. The SMILES string of the molecule is Cc1ccc(C(=O)N2CCc3cc(S(=O)(=O)NC4CCCC4)ccc32)o1. The van der Waals surface area contributed by atoms with Crippen LogP contribution in [-0.2, 0) is 16.4 Å². The third-order valence-corrected chi connectivity index (χ3v) is 6.65. The van der Waals surface area contributed by atoms with Gasteiger partial charge in [0.1, 0.15) is 5.76 Å². The number of rotatable bonds is 4. The Hall–Kier alpha value is -2.12. The highest BCUT2D eigenvalue weighted by atomic mass is 32.2. The minimum absolute atomic E-state index is 0.0357. The number of hydrogen-bond donors (Lipinski definition) is 1. The van der Waals surface area contributed by atoms with Gasteiger partial charge in [-0.3, -0.25) is 4.79 Å². The number of amides is 1. The third-order valence-electron chi connectivity index (χ3n) is 5.13. The Morgan fingerprint density at radius 2 is 1.96 bits per heavy atom. The predicted octanol–water partition coefficient (Wildman–Crippen LogP) is 3.01. The second kappa shape index (κ2) is 6.55. The lowest BCUT2D eigenvalue weighted by molar-refractivity contribution is 0.0961. The van der Waals surface area contributed by atoms with E-state index in [1.807, 2.05) is 0 Å². The molecule has 2 aliphatic rings. The van der Waals surface area contributed by atoms with Gasteiger partial charge in [0.2, 0.25) is 10.0 Å². The summed E-state index contributed by atoms with van der Waals surface area (Å²) >= 11 is 0. The van der Waals surface area contributed by atoms with Gasteiger partial charge in [-0.1, -0.05) is 12.8 Å². The van der Waals surface area contributed by atoms with Crippen molar-refractivity contribution < 1.29 is 17.6 Å². The maximum Gasteiger partial charge on any atom is 0.293 e. The predicted molar refractivity (Wildman–Crippen MR) is 97.8 cm³/mol. The summed E-state index contributed by atoms with van der Waals surface area (Å²) in [6.45, 7) is 2.32. The van der Waals surface area contributed by atoms with E-state index in [2.05, 4.69) is 4.72 Å². The van der Waals surface area contributed by atoms with Gasteiger partial charge in [0.05, 0.1) is 4.90 Å². The normalized spacial score (nSPS) is 17.7. The number of benzene rings is 1. The Morgan fingerprint density at radius 1 is 1.19 bits per heavy atom. The molecule has 1 N–H and O–H groups in total. The highest BCUT2D eigenvalue weighted by Crippen LogP contribution is 2.32. The van der Waals surface area contributed by atoms with Gasteiger partial charge >= 0.3 is 0 Å². The average Bonchev–Trinajstić information content (AvgIpc) is 3.34. The third kappa shape index (κ3) is 3.17. The largest absolute Gasteiger partial charge is 0.456 e. The van der Waals surface area contributed by atoms with E-state index in [1.165, 1.54) is 0 Å². The number of hydrogen-bond acceptors (Lipinski definition) is 4. The first-order valence-corrected chi connectivity index (χ1v) is 10.5. The Balaban J connectivity index is 1.57. The molecule has 1 aliphatic carbocycles. The number of nitrogens with one attached hydrogen (secondary N) is 1. The second-order valence-electron chi connectivity index (χ2n) is 7.01. The van der Waals surface area contributed by atoms with E-state index in [-0.39, 0.29) is 16.8 Å². The Morgan fingerprint density at radius 3 is 2.65 bits per heavy atom. The van der Waals surface area contributed by atoms with E-state index in [1.54, 1.807) is 42.2 Å². The van der Waals surface area contributed by atoms with Crippen molar-refractivity contribution >= 4 is 21.6 Å². The summed E-state index contributed by atoms with van der Waals surface area (Å²) in [6, 6.07) is 8.45. The smallest absolute Gasteiger partial charge is 0.293 e. The van der Waals surface area contributed by atoms with Gasteiger partial charge in [0.25, 0.3) is 5.91 Å². The molecule has 6 nitrogen and oxygen atoms in total. The number of carbonyl (C=O) groups excluding carboxylic acids is 1. The summed E-state index contributed by atoms with van der Waals surface area (Å²) in [7, 11) is -3.52. The van der Waals surface area contributed by atoms with Crippen molar-refractivity contribution in [2.45, 2.75) is 50.0 Å². The van der Waals surface area contributed by atoms with Crippen molar-refractivity contribution in [2.24, 2.45) is 0 Å². The molecule has 0 unspecified atom stereocenters. The molecule has 1 aromatic carbocycles. The van der Waals surface area contributed by atoms with Crippen LogP contribution >= 0.6 is 0 Å². The summed E-state index contributed by atoms with van der Waals surface area (Å²) in [5.41, 5.74) is 1.62. The van der Waals surface area contributed by atoms with Crippen LogP contribution in [0.1, 0.15) is 47.6 Å². The van der Waals surface area contributed by atoms with Crippen LogP contribution in [-0.4, -0.2) is 26.9 Å². The van der Waals surface area contributed by atoms with E-state index >= 15 is 0 Å². The second-order valence-corrected chi connectivity index (χ2v) is 8.72. The van der Waals surface area contributed by atoms with Gasteiger partial charge in [0, 0.05) is 18.3 Å². The first-order chi connectivity index (χ1) is 12.4. The molecule has 26 heavy (non-hydrogen) atoms. The van der Waals surface area contributed by atoms with Crippen molar-refractivity contribution in [1.29, 1.82) is 0 Å². The van der Waals surface area contributed by atoms with Crippen LogP contribution in [0.25, 0.3) is 0 Å². The summed E-state index contributed by atoms with van der Waals surface area (Å²) < 4.78 is 33.5. The maximum atomic E-state index is 12.6. The molecule has 7 heteroatoms. The van der Waals surface area contributed by atoms with Gasteiger partial charge in [-0.05, 0) is 62.1 Å². The molecule has 0 radical (unpaired) electrons. The molecular formula is C19H22N2O4S. The minimum Gasteiger partial charge on any atom is -0.456 e. The minimum atomic E-state index is -3.52. The quantitative estimate of drug-likeness (QED) is 0.892. The molecule has 2 heterocycles. The highest BCUT2D eigenvalue weighted by Gasteiger charge is 2.29. The zero-order valence-corrected chi connectivity index (χ0v) is 15.5. The Kier molecular flexibility index (Phi) is 4.36. The van der Waals surface area contributed by atoms with Crippen molar-refractivity contribution in [3.63, 3.8) is 0 Å². The molecule has 0 bridgehead atoms. The molecule has 0 spiro atoms. The Bertz CT molecular complexity index is 942. The fraction of sp³-hybridized carbons (Fsp3) is 0.421. The molecule has 4 rings (SSSR count). The number of aryl methyl sites for hydroxylation is 1.